The summed E-state index contributed by atoms with van der Waals surface area (Å²) in [6, 6.07) is 0. The molecule has 0 bridgehead atoms. The van der Waals surface area contributed by atoms with Gasteiger partial charge >= 0.3 is 0 Å². The molecule has 0 saturated carbocycles. The molecule has 0 radical (unpaired) electrons. The van der Waals surface area contributed by atoms with Crippen molar-refractivity contribution in [3.05, 3.63) is 24.3 Å². The fraction of sp³-hybridized carbons (Fsp3) is 0.500. The largest absolute Gasteiger partial charge is 0.389 e. The van der Waals surface area contributed by atoms with Gasteiger partial charge in [0.1, 0.15) is 0 Å². The quantitative estimate of drug-likeness (QED) is 0.671. The van der Waals surface area contributed by atoms with E-state index < -0.39 is 0 Å². The van der Waals surface area contributed by atoms with Crippen LogP contribution in [0.25, 0.3) is 0 Å². The van der Waals surface area contributed by atoms with Crippen LogP contribution in [-0.4, -0.2) is 39.4 Å². The van der Waals surface area contributed by atoms with Gasteiger partial charge in [-0.1, -0.05) is 0 Å². The van der Waals surface area contributed by atoms with Gasteiger partial charge in [0, 0.05) is 18.6 Å². The van der Waals surface area contributed by atoms with E-state index in [1.807, 2.05) is 0 Å². The molecular formula is C8H11N3O2. The highest BCUT2D eigenvalue weighted by Gasteiger charge is 2.21. The Morgan fingerprint density at radius 3 is 3.15 bits per heavy atom. The van der Waals surface area contributed by atoms with Gasteiger partial charge < -0.3 is 5.11 Å². The molecule has 1 aliphatic rings. The summed E-state index contributed by atoms with van der Waals surface area (Å²) in [4.78, 5) is 13.2. The molecule has 1 atom stereocenters. The minimum absolute atomic E-state index is 0.375. The van der Waals surface area contributed by atoms with Crippen molar-refractivity contribution in [2.45, 2.75) is 12.6 Å². The number of aromatic nitrogens is 2. The van der Waals surface area contributed by atoms with Crippen LogP contribution in [0.15, 0.2) is 18.6 Å². The predicted octanol–water partition coefficient (Wildman–Crippen LogP) is -0.415. The Kier molecular flexibility index (Phi) is 2.49. The maximum atomic E-state index is 9.17. The van der Waals surface area contributed by atoms with Crippen LogP contribution >= 0.6 is 0 Å². The molecule has 2 rings (SSSR count). The Labute approximate surface area is 75.9 Å². The first kappa shape index (κ1) is 8.55. The number of hydrogen-bond acceptors (Lipinski definition) is 5. The average molecular weight is 181 g/mol. The van der Waals surface area contributed by atoms with E-state index in [1.54, 1.807) is 23.7 Å². The van der Waals surface area contributed by atoms with Gasteiger partial charge in [0.2, 0.25) is 0 Å². The lowest BCUT2D eigenvalue weighted by molar-refractivity contribution is -0.118. The van der Waals surface area contributed by atoms with E-state index in [9.17, 15) is 5.11 Å². The number of aliphatic hydroxyl groups is 1. The number of hydrogen-bond donors (Lipinski definition) is 1. The standard InChI is InChI=1S/C8H11N3O2/c12-8-5-11(13-6-8)4-7-3-9-1-2-10-7/h1-3,8,12H,4-6H2/t8-/m0/s1. The highest BCUT2D eigenvalue weighted by atomic mass is 16.7. The molecule has 5 nitrogen and oxygen atoms in total. The summed E-state index contributed by atoms with van der Waals surface area (Å²) in [6.07, 6.45) is 4.58. The molecule has 70 valence electrons. The summed E-state index contributed by atoms with van der Waals surface area (Å²) in [6.45, 7) is 1.49. The van der Waals surface area contributed by atoms with Crippen LogP contribution < -0.4 is 0 Å². The smallest absolute Gasteiger partial charge is 0.0958 e. The van der Waals surface area contributed by atoms with E-state index in [0.717, 1.165) is 5.69 Å². The number of rotatable bonds is 2. The first-order chi connectivity index (χ1) is 6.34. The van der Waals surface area contributed by atoms with Crippen LogP contribution in [0.1, 0.15) is 5.69 Å². The van der Waals surface area contributed by atoms with Gasteiger partial charge in [-0.3, -0.25) is 14.8 Å². The van der Waals surface area contributed by atoms with Gasteiger partial charge in [-0.25, -0.2) is 0 Å². The molecule has 0 aliphatic carbocycles. The molecule has 1 aromatic heterocycles. The zero-order valence-corrected chi connectivity index (χ0v) is 7.13. The Balaban J connectivity index is 1.92. The zero-order chi connectivity index (χ0) is 9.10. The minimum Gasteiger partial charge on any atom is -0.389 e. The summed E-state index contributed by atoms with van der Waals surface area (Å²) in [5.74, 6) is 0. The fourth-order valence-electron chi connectivity index (χ4n) is 1.23. The van der Waals surface area contributed by atoms with Crippen molar-refractivity contribution >= 4 is 0 Å². The van der Waals surface area contributed by atoms with Crippen molar-refractivity contribution in [2.24, 2.45) is 0 Å². The van der Waals surface area contributed by atoms with Crippen LogP contribution in [0.3, 0.4) is 0 Å². The van der Waals surface area contributed by atoms with Crippen LogP contribution in [0, 0.1) is 0 Å². The summed E-state index contributed by atoms with van der Waals surface area (Å²) in [5.41, 5.74) is 0.844. The summed E-state index contributed by atoms with van der Waals surface area (Å²) < 4.78 is 0. The van der Waals surface area contributed by atoms with Crippen LogP contribution in [-0.2, 0) is 11.4 Å². The molecule has 5 heteroatoms. The lowest BCUT2D eigenvalue weighted by Crippen LogP contribution is -2.21. The normalized spacial score (nSPS) is 23.6. The molecule has 1 aromatic rings. The summed E-state index contributed by atoms with van der Waals surface area (Å²) in [5, 5.41) is 10.9. The molecule has 1 fully saturated rings. The second-order valence-electron chi connectivity index (χ2n) is 2.97. The third-order valence-corrected chi connectivity index (χ3v) is 1.82. The highest BCUT2D eigenvalue weighted by molar-refractivity contribution is 4.93. The van der Waals surface area contributed by atoms with Gasteiger partial charge in [-0.05, 0) is 0 Å². The average Bonchev–Trinajstić information content (AvgIpc) is 2.53. The lowest BCUT2D eigenvalue weighted by atomic mass is 10.4. The number of nitrogens with zero attached hydrogens (tertiary/aromatic N) is 3. The van der Waals surface area contributed by atoms with E-state index in [-0.39, 0.29) is 6.10 Å². The molecule has 0 amide bonds. The number of hydroxylamine groups is 2. The summed E-state index contributed by atoms with van der Waals surface area (Å²) >= 11 is 0. The van der Waals surface area contributed by atoms with E-state index >= 15 is 0 Å². The van der Waals surface area contributed by atoms with E-state index in [4.69, 9.17) is 4.84 Å². The zero-order valence-electron chi connectivity index (χ0n) is 7.13. The highest BCUT2D eigenvalue weighted by Crippen LogP contribution is 2.08. The third kappa shape index (κ3) is 2.21. The van der Waals surface area contributed by atoms with E-state index in [2.05, 4.69) is 9.97 Å². The monoisotopic (exact) mass is 181 g/mol. The van der Waals surface area contributed by atoms with Gasteiger partial charge in [0.25, 0.3) is 0 Å². The van der Waals surface area contributed by atoms with Gasteiger partial charge in [0.15, 0.2) is 0 Å². The Morgan fingerprint density at radius 2 is 2.54 bits per heavy atom. The maximum absolute atomic E-state index is 9.17. The van der Waals surface area contributed by atoms with Gasteiger partial charge in [-0.15, -0.1) is 0 Å². The molecule has 0 unspecified atom stereocenters. The van der Waals surface area contributed by atoms with Crippen LogP contribution in [0.4, 0.5) is 0 Å². The minimum atomic E-state index is -0.378. The molecule has 1 N–H and O–H groups in total. The van der Waals surface area contributed by atoms with E-state index in [1.165, 1.54) is 0 Å². The van der Waals surface area contributed by atoms with E-state index in [0.29, 0.717) is 19.7 Å². The second kappa shape index (κ2) is 3.78. The van der Waals surface area contributed by atoms with Crippen molar-refractivity contribution in [1.82, 2.24) is 15.0 Å². The molecule has 0 aromatic carbocycles. The van der Waals surface area contributed by atoms with Crippen molar-refractivity contribution in [3.8, 4) is 0 Å². The van der Waals surface area contributed by atoms with Crippen molar-refractivity contribution in [3.63, 3.8) is 0 Å². The third-order valence-electron chi connectivity index (χ3n) is 1.82. The topological polar surface area (TPSA) is 58.5 Å². The number of aliphatic hydroxyl groups excluding tert-OH is 1. The van der Waals surface area contributed by atoms with Crippen molar-refractivity contribution < 1.29 is 9.94 Å². The van der Waals surface area contributed by atoms with Crippen molar-refractivity contribution in [2.75, 3.05) is 13.2 Å². The lowest BCUT2D eigenvalue weighted by Gasteiger charge is -2.11. The van der Waals surface area contributed by atoms with Gasteiger partial charge in [-0.2, -0.15) is 5.06 Å². The predicted molar refractivity (Wildman–Crippen MR) is 44.4 cm³/mol. The fourth-order valence-corrected chi connectivity index (χ4v) is 1.23. The SMILES string of the molecule is O[C@@H]1CON(Cc2cnccn2)C1. The summed E-state index contributed by atoms with van der Waals surface area (Å²) in [7, 11) is 0. The Hall–Kier alpha value is -1.04. The van der Waals surface area contributed by atoms with Crippen LogP contribution in [0.5, 0.6) is 0 Å². The molecule has 13 heavy (non-hydrogen) atoms. The Morgan fingerprint density at radius 1 is 1.62 bits per heavy atom. The number of β-amino-alcohol motifs (C(OH)–C–C–N with tert-alkyl or cyclic N) is 1. The van der Waals surface area contributed by atoms with Crippen LogP contribution in [0.2, 0.25) is 0 Å². The molecule has 1 saturated heterocycles. The molecule has 0 spiro atoms. The molecular weight excluding hydrogens is 170 g/mol. The molecule has 2 heterocycles. The first-order valence-corrected chi connectivity index (χ1v) is 4.15. The molecule has 1 aliphatic heterocycles. The van der Waals surface area contributed by atoms with Crippen molar-refractivity contribution in [1.29, 1.82) is 0 Å². The Bertz CT molecular complexity index is 267. The van der Waals surface area contributed by atoms with Gasteiger partial charge in [0.05, 0.1) is 31.5 Å². The first-order valence-electron chi connectivity index (χ1n) is 4.15. The maximum Gasteiger partial charge on any atom is 0.0958 e. The second-order valence-corrected chi connectivity index (χ2v) is 2.97.